The molecule has 0 saturated carbocycles. The Morgan fingerprint density at radius 2 is 1.83 bits per heavy atom. The van der Waals surface area contributed by atoms with Crippen molar-refractivity contribution in [3.05, 3.63) is 99.6 Å². The first kappa shape index (κ1) is 18.7. The van der Waals surface area contributed by atoms with Crippen LogP contribution in [0.3, 0.4) is 0 Å². The maximum absolute atomic E-state index is 14.0. The zero-order valence-electron chi connectivity index (χ0n) is 31.3. The third kappa shape index (κ3) is 6.49. The van der Waals surface area contributed by atoms with Crippen LogP contribution < -0.4 is 10.2 Å². The van der Waals surface area contributed by atoms with E-state index in [4.69, 9.17) is 17.1 Å². The topological polar surface area (TPSA) is 57.2 Å². The predicted octanol–water partition coefficient (Wildman–Crippen LogP) is 4.97. The highest BCUT2D eigenvalue weighted by Gasteiger charge is 2.24. The number of aliphatic imine (C=N–C) groups is 1. The van der Waals surface area contributed by atoms with Gasteiger partial charge in [-0.15, -0.1) is 0 Å². The fraction of sp³-hybridized carbons (Fsp3) is 0.394. The number of ether oxygens (including phenoxy) is 1. The minimum atomic E-state index is -2.27. The van der Waals surface area contributed by atoms with Crippen molar-refractivity contribution in [1.82, 2.24) is 10.2 Å². The van der Waals surface area contributed by atoms with Gasteiger partial charge in [0.1, 0.15) is 17.5 Å². The zero-order chi connectivity index (χ0) is 36.2. The SMILES string of the molecule is [2H]C1([2H])CC(Cc2cc(N3CCN(C([2H])([2H])[2H])CC3)ccc2C(=O)NC2=NCc3ccc(C([2H])([2H])c4cc(F)cc(F)c4)cc32)CC([2H])([2H])O1. The maximum atomic E-state index is 14.0. The van der Waals surface area contributed by atoms with E-state index in [1.165, 1.54) is 17.0 Å². The smallest absolute Gasteiger partial charge is 0.257 e. The Labute approximate surface area is 252 Å². The fourth-order valence-electron chi connectivity index (χ4n) is 5.37. The molecule has 0 atom stereocenters. The molecule has 0 bridgehead atoms. The molecule has 214 valence electrons. The summed E-state index contributed by atoms with van der Waals surface area (Å²) in [6, 6.07) is 12.4. The van der Waals surface area contributed by atoms with Crippen molar-refractivity contribution in [2.45, 2.75) is 32.2 Å². The van der Waals surface area contributed by atoms with Gasteiger partial charge in [0.15, 0.2) is 0 Å². The molecule has 2 saturated heterocycles. The maximum Gasteiger partial charge on any atom is 0.257 e. The highest BCUT2D eigenvalue weighted by Crippen LogP contribution is 2.28. The molecule has 3 aliphatic heterocycles. The van der Waals surface area contributed by atoms with E-state index in [0.29, 0.717) is 48.9 Å². The van der Waals surface area contributed by atoms with Gasteiger partial charge in [0.05, 0.1) is 12.0 Å². The average Bonchev–Trinajstić information content (AvgIpc) is 3.40. The average molecular weight is 568 g/mol. The van der Waals surface area contributed by atoms with Crippen LogP contribution in [0.5, 0.6) is 0 Å². The molecule has 3 heterocycles. The number of benzene rings is 3. The summed E-state index contributed by atoms with van der Waals surface area (Å²) in [5.74, 6) is -2.68. The normalized spacial score (nSPS) is 24.2. The van der Waals surface area contributed by atoms with E-state index in [9.17, 15) is 13.6 Å². The lowest BCUT2D eigenvalue weighted by Crippen LogP contribution is -2.44. The van der Waals surface area contributed by atoms with Crippen LogP contribution in [0.25, 0.3) is 0 Å². The number of fused-ring (bicyclic) bond motifs is 1. The number of halogens is 2. The highest BCUT2D eigenvalue weighted by atomic mass is 19.1. The summed E-state index contributed by atoms with van der Waals surface area (Å²) < 4.78 is 106. The lowest BCUT2D eigenvalue weighted by Gasteiger charge is -2.34. The van der Waals surface area contributed by atoms with Crippen LogP contribution in [0.1, 0.15) is 63.4 Å². The van der Waals surface area contributed by atoms with Crippen LogP contribution >= 0.6 is 0 Å². The molecule has 8 heteroatoms. The number of nitrogens with zero attached hydrogens (tertiary/aromatic N) is 3. The van der Waals surface area contributed by atoms with Gasteiger partial charge in [0, 0.05) is 69.0 Å². The molecule has 0 aliphatic carbocycles. The first-order chi connectivity index (χ1) is 23.3. The third-order valence-electron chi connectivity index (χ3n) is 7.53. The lowest BCUT2D eigenvalue weighted by atomic mass is 9.89. The molecule has 3 aliphatic rings. The van der Waals surface area contributed by atoms with Crippen molar-refractivity contribution in [3.63, 3.8) is 0 Å². The third-order valence-corrected chi connectivity index (χ3v) is 7.53. The number of piperazine rings is 1. The molecule has 6 nitrogen and oxygen atoms in total. The summed E-state index contributed by atoms with van der Waals surface area (Å²) >= 11 is 0. The van der Waals surface area contributed by atoms with Crippen molar-refractivity contribution >= 4 is 17.4 Å². The van der Waals surface area contributed by atoms with Crippen LogP contribution in [0.15, 0.2) is 59.6 Å². The summed E-state index contributed by atoms with van der Waals surface area (Å²) in [4.78, 5) is 21.8. The van der Waals surface area contributed by atoms with E-state index < -0.39 is 49.9 Å². The van der Waals surface area contributed by atoms with Gasteiger partial charge in [-0.1, -0.05) is 12.1 Å². The molecule has 41 heavy (non-hydrogen) atoms. The zero-order valence-corrected chi connectivity index (χ0v) is 22.3. The number of nitrogens with one attached hydrogen (secondary N) is 1. The number of hydrogen-bond acceptors (Lipinski definition) is 5. The molecule has 1 N–H and O–H groups in total. The molecular weight excluding hydrogens is 522 g/mol. The number of amides is 1. The number of likely N-dealkylation sites (N-methyl/N-ethyl adjacent to an activating group) is 1. The molecule has 2 fully saturated rings. The first-order valence-electron chi connectivity index (χ1n) is 18.1. The van der Waals surface area contributed by atoms with Gasteiger partial charge in [-0.25, -0.2) is 8.78 Å². The summed E-state index contributed by atoms with van der Waals surface area (Å²) in [5, 5.41) is 2.83. The molecule has 1 amide bonds. The molecule has 0 spiro atoms. The molecule has 6 rings (SSSR count). The van der Waals surface area contributed by atoms with Gasteiger partial charge >= 0.3 is 0 Å². The van der Waals surface area contributed by atoms with Crippen LogP contribution in [0.4, 0.5) is 14.5 Å². The number of carbonyl (C=O) groups excluding carboxylic acids is 1. The van der Waals surface area contributed by atoms with E-state index in [-0.39, 0.29) is 48.3 Å². The number of carbonyl (C=O) groups is 1. The largest absolute Gasteiger partial charge is 0.381 e. The standard InChI is InChI=1S/C33H36F2N4O2/c1-38-8-10-39(11-9-38)29-4-5-30(26(19-29)15-22-6-12-41-13-7-22)33(40)37-32-31-18-23(2-3-25(31)21-36-32)14-24-16-27(34)20-28(35)17-24/h2-5,16-20,22H,6-15,21H2,1H3,(H,36,37,40)/i1D3,12D2,13D2,14D2. The summed E-state index contributed by atoms with van der Waals surface area (Å²) in [5.41, 5.74) is 2.59. The molecule has 3 aromatic carbocycles. The Bertz CT molecular complexity index is 1790. The van der Waals surface area contributed by atoms with Crippen LogP contribution in [-0.4, -0.2) is 62.9 Å². The van der Waals surface area contributed by atoms with Crippen molar-refractivity contribution in [2.75, 3.05) is 51.2 Å². The molecule has 0 aromatic heterocycles. The number of hydrogen-bond donors (Lipinski definition) is 1. The van der Waals surface area contributed by atoms with Crippen LogP contribution in [-0.2, 0) is 24.1 Å². The highest BCUT2D eigenvalue weighted by molar-refractivity contribution is 6.14. The van der Waals surface area contributed by atoms with Gasteiger partial charge in [-0.3, -0.25) is 9.79 Å². The molecule has 3 aromatic rings. The Hall–Kier alpha value is -3.62. The Kier molecular flexibility index (Phi) is 5.52. The number of anilines is 1. The number of rotatable bonds is 6. The minimum absolute atomic E-state index is 0.0882. The van der Waals surface area contributed by atoms with E-state index >= 15 is 0 Å². The summed E-state index contributed by atoms with van der Waals surface area (Å²) in [6.07, 6.45) is -2.29. The van der Waals surface area contributed by atoms with Gasteiger partial charge in [0.2, 0.25) is 0 Å². The fourth-order valence-corrected chi connectivity index (χ4v) is 5.37. The predicted molar refractivity (Wildman–Crippen MR) is 157 cm³/mol. The summed E-state index contributed by atoms with van der Waals surface area (Å²) in [7, 11) is 0. The molecule has 0 unspecified atom stereocenters. The van der Waals surface area contributed by atoms with E-state index in [2.05, 4.69) is 10.3 Å². The van der Waals surface area contributed by atoms with Crippen LogP contribution in [0.2, 0.25) is 0 Å². The first-order valence-corrected chi connectivity index (χ1v) is 13.6. The van der Waals surface area contributed by atoms with E-state index in [1.807, 2.05) is 4.90 Å². The molecule has 0 radical (unpaired) electrons. The number of amidine groups is 1. The van der Waals surface area contributed by atoms with E-state index in [1.54, 1.807) is 24.3 Å². The van der Waals surface area contributed by atoms with E-state index in [0.717, 1.165) is 17.8 Å². The Balaban J connectivity index is 1.28. The second-order valence-electron chi connectivity index (χ2n) is 10.5. The van der Waals surface area contributed by atoms with Gasteiger partial charge in [0.25, 0.3) is 5.91 Å². The monoisotopic (exact) mass is 567 g/mol. The van der Waals surface area contributed by atoms with Crippen molar-refractivity contribution in [1.29, 1.82) is 0 Å². The van der Waals surface area contributed by atoms with Gasteiger partial charge in [-0.05, 0) is 97.2 Å². The summed E-state index contributed by atoms with van der Waals surface area (Å²) in [6.45, 7) is -4.94. The van der Waals surface area contributed by atoms with Gasteiger partial charge < -0.3 is 19.9 Å². The van der Waals surface area contributed by atoms with Crippen molar-refractivity contribution in [2.24, 2.45) is 10.9 Å². The Morgan fingerprint density at radius 1 is 1.05 bits per heavy atom. The Morgan fingerprint density at radius 3 is 2.59 bits per heavy atom. The lowest BCUT2D eigenvalue weighted by molar-refractivity contribution is 0.0664. The quantitative estimate of drug-likeness (QED) is 0.457. The van der Waals surface area contributed by atoms with Gasteiger partial charge in [-0.2, -0.15) is 0 Å². The molecular formula is C33H36F2N4O2. The van der Waals surface area contributed by atoms with Crippen molar-refractivity contribution in [3.8, 4) is 0 Å². The minimum Gasteiger partial charge on any atom is -0.381 e. The van der Waals surface area contributed by atoms with Crippen molar-refractivity contribution < 1.29 is 30.6 Å². The second kappa shape index (κ2) is 12.1. The van der Waals surface area contributed by atoms with Crippen LogP contribution in [0, 0.1) is 17.6 Å². The second-order valence-corrected chi connectivity index (χ2v) is 10.5.